The maximum atomic E-state index is 13.1. The van der Waals surface area contributed by atoms with Crippen molar-refractivity contribution in [1.29, 1.82) is 0 Å². The third-order valence-corrected chi connectivity index (χ3v) is 3.62. The molecule has 0 saturated carbocycles. The SMILES string of the molecule is CCC(CC)(C(=O)Nc1cc(F)cc(F)c1)C(N)=S. The zero-order chi connectivity index (χ0) is 14.6. The van der Waals surface area contributed by atoms with Crippen LogP contribution < -0.4 is 11.1 Å². The van der Waals surface area contributed by atoms with Crippen LogP contribution in [0.2, 0.25) is 0 Å². The van der Waals surface area contributed by atoms with Crippen molar-refractivity contribution in [2.24, 2.45) is 11.1 Å². The molecule has 0 fully saturated rings. The van der Waals surface area contributed by atoms with Gasteiger partial charge in [0.15, 0.2) is 0 Å². The minimum absolute atomic E-state index is 0.0463. The van der Waals surface area contributed by atoms with Gasteiger partial charge in [0.1, 0.15) is 11.6 Å². The molecule has 0 radical (unpaired) electrons. The van der Waals surface area contributed by atoms with Crippen LogP contribution >= 0.6 is 12.2 Å². The highest BCUT2D eigenvalue weighted by atomic mass is 32.1. The fourth-order valence-electron chi connectivity index (χ4n) is 1.91. The number of carbonyl (C=O) groups is 1. The predicted molar refractivity (Wildman–Crippen MR) is 74.8 cm³/mol. The van der Waals surface area contributed by atoms with Gasteiger partial charge in [0, 0.05) is 11.8 Å². The zero-order valence-electron chi connectivity index (χ0n) is 10.8. The van der Waals surface area contributed by atoms with E-state index in [9.17, 15) is 13.6 Å². The zero-order valence-corrected chi connectivity index (χ0v) is 11.6. The van der Waals surface area contributed by atoms with Crippen molar-refractivity contribution in [3.63, 3.8) is 0 Å². The van der Waals surface area contributed by atoms with E-state index >= 15 is 0 Å². The molecule has 0 aromatic heterocycles. The number of hydrogen-bond acceptors (Lipinski definition) is 2. The maximum Gasteiger partial charge on any atom is 0.237 e. The second-order valence-corrected chi connectivity index (χ2v) is 4.71. The number of hydrogen-bond donors (Lipinski definition) is 2. The molecule has 1 aromatic carbocycles. The molecule has 1 amide bonds. The van der Waals surface area contributed by atoms with E-state index < -0.39 is 23.0 Å². The van der Waals surface area contributed by atoms with Crippen LogP contribution in [0.15, 0.2) is 18.2 Å². The van der Waals surface area contributed by atoms with E-state index in [4.69, 9.17) is 18.0 Å². The molecule has 1 rings (SSSR count). The standard InChI is InChI=1S/C13H16F2N2OS/c1-3-13(4-2,11(16)19)12(18)17-10-6-8(14)5-9(15)7-10/h5-7H,3-4H2,1-2H3,(H2,16,19)(H,17,18). The third kappa shape index (κ3) is 3.26. The van der Waals surface area contributed by atoms with Gasteiger partial charge in [0.25, 0.3) is 0 Å². The van der Waals surface area contributed by atoms with E-state index in [1.807, 2.05) is 0 Å². The molecule has 6 heteroatoms. The van der Waals surface area contributed by atoms with Gasteiger partial charge in [-0.15, -0.1) is 0 Å². The third-order valence-electron chi connectivity index (χ3n) is 3.23. The smallest absolute Gasteiger partial charge is 0.237 e. The van der Waals surface area contributed by atoms with E-state index in [1.54, 1.807) is 13.8 Å². The number of benzene rings is 1. The number of nitrogens with one attached hydrogen (secondary N) is 1. The van der Waals surface area contributed by atoms with Crippen LogP contribution in [0.1, 0.15) is 26.7 Å². The molecule has 0 saturated heterocycles. The minimum Gasteiger partial charge on any atom is -0.392 e. The molecule has 0 aliphatic rings. The lowest BCUT2D eigenvalue weighted by Crippen LogP contribution is -2.45. The molecule has 104 valence electrons. The van der Waals surface area contributed by atoms with E-state index in [0.717, 1.165) is 18.2 Å². The Labute approximate surface area is 116 Å². The summed E-state index contributed by atoms with van der Waals surface area (Å²) in [4.78, 5) is 12.3. The van der Waals surface area contributed by atoms with Crippen molar-refractivity contribution in [3.8, 4) is 0 Å². The average molecular weight is 286 g/mol. The predicted octanol–water partition coefficient (Wildman–Crippen LogP) is 3.00. The molecule has 0 unspecified atom stereocenters. The molecule has 1 aromatic rings. The Balaban J connectivity index is 3.03. The topological polar surface area (TPSA) is 55.1 Å². The summed E-state index contributed by atoms with van der Waals surface area (Å²) >= 11 is 4.94. The van der Waals surface area contributed by atoms with Gasteiger partial charge >= 0.3 is 0 Å². The van der Waals surface area contributed by atoms with Gasteiger partial charge in [-0.2, -0.15) is 0 Å². The Morgan fingerprint density at radius 2 is 1.74 bits per heavy atom. The summed E-state index contributed by atoms with van der Waals surface area (Å²) in [5, 5.41) is 2.46. The number of nitrogens with two attached hydrogens (primary N) is 1. The van der Waals surface area contributed by atoms with Crippen molar-refractivity contribution in [2.45, 2.75) is 26.7 Å². The van der Waals surface area contributed by atoms with E-state index in [-0.39, 0.29) is 10.7 Å². The largest absolute Gasteiger partial charge is 0.392 e. The molecule has 0 atom stereocenters. The summed E-state index contributed by atoms with van der Waals surface area (Å²) in [6.45, 7) is 3.57. The first kappa shape index (κ1) is 15.5. The highest BCUT2D eigenvalue weighted by molar-refractivity contribution is 7.80. The van der Waals surface area contributed by atoms with Gasteiger partial charge in [-0.1, -0.05) is 26.1 Å². The summed E-state index contributed by atoms with van der Waals surface area (Å²) in [6, 6.07) is 2.81. The van der Waals surface area contributed by atoms with Crippen molar-refractivity contribution in [3.05, 3.63) is 29.8 Å². The first-order valence-electron chi connectivity index (χ1n) is 5.93. The summed E-state index contributed by atoms with van der Waals surface area (Å²) in [5.41, 5.74) is 4.67. The van der Waals surface area contributed by atoms with Gasteiger partial charge in [0.2, 0.25) is 5.91 Å². The van der Waals surface area contributed by atoms with Crippen LogP contribution in [-0.4, -0.2) is 10.9 Å². The van der Waals surface area contributed by atoms with Crippen LogP contribution in [0.25, 0.3) is 0 Å². The molecular formula is C13H16F2N2OS. The van der Waals surface area contributed by atoms with Gasteiger partial charge in [0.05, 0.1) is 10.4 Å². The molecule has 0 bridgehead atoms. The van der Waals surface area contributed by atoms with Crippen LogP contribution in [0, 0.1) is 17.0 Å². The second kappa shape index (κ2) is 6.06. The molecule has 3 N–H and O–H groups in total. The lowest BCUT2D eigenvalue weighted by atomic mass is 9.81. The monoisotopic (exact) mass is 286 g/mol. The highest BCUT2D eigenvalue weighted by Gasteiger charge is 2.38. The molecule has 0 heterocycles. The first-order valence-corrected chi connectivity index (χ1v) is 6.34. The molecule has 0 spiro atoms. The minimum atomic E-state index is -1.00. The van der Waals surface area contributed by atoms with Gasteiger partial charge in [-0.05, 0) is 25.0 Å². The Kier molecular flexibility index (Phi) is 4.94. The number of rotatable bonds is 5. The van der Waals surface area contributed by atoms with E-state index in [1.165, 1.54) is 0 Å². The molecule has 19 heavy (non-hydrogen) atoms. The van der Waals surface area contributed by atoms with Crippen LogP contribution in [0.3, 0.4) is 0 Å². The van der Waals surface area contributed by atoms with Gasteiger partial charge in [-0.3, -0.25) is 4.79 Å². The van der Waals surface area contributed by atoms with Crippen LogP contribution in [0.5, 0.6) is 0 Å². The van der Waals surface area contributed by atoms with Crippen LogP contribution in [-0.2, 0) is 4.79 Å². The molecule has 0 aliphatic carbocycles. The number of amides is 1. The summed E-state index contributed by atoms with van der Waals surface area (Å²) in [7, 11) is 0. The summed E-state index contributed by atoms with van der Waals surface area (Å²) in [6.07, 6.45) is 0.838. The van der Waals surface area contributed by atoms with Gasteiger partial charge < -0.3 is 11.1 Å². The molecular weight excluding hydrogens is 270 g/mol. The lowest BCUT2D eigenvalue weighted by Gasteiger charge is -2.28. The number of carbonyl (C=O) groups excluding carboxylic acids is 1. The summed E-state index contributed by atoms with van der Waals surface area (Å²) in [5.74, 6) is -1.97. The van der Waals surface area contributed by atoms with Crippen molar-refractivity contribution in [2.75, 3.05) is 5.32 Å². The lowest BCUT2D eigenvalue weighted by molar-refractivity contribution is -0.122. The van der Waals surface area contributed by atoms with E-state index in [0.29, 0.717) is 12.8 Å². The average Bonchev–Trinajstić information content (AvgIpc) is 2.29. The van der Waals surface area contributed by atoms with Gasteiger partial charge in [-0.25, -0.2) is 8.78 Å². The second-order valence-electron chi connectivity index (χ2n) is 4.27. The normalized spacial score (nSPS) is 11.2. The Morgan fingerprint density at radius 1 is 1.26 bits per heavy atom. The Bertz CT molecular complexity index is 481. The number of thiocarbonyl (C=S) groups is 1. The maximum absolute atomic E-state index is 13.1. The molecule has 3 nitrogen and oxygen atoms in total. The quantitative estimate of drug-likeness (QED) is 0.818. The van der Waals surface area contributed by atoms with Crippen molar-refractivity contribution in [1.82, 2.24) is 0 Å². The number of halogens is 2. The van der Waals surface area contributed by atoms with E-state index in [2.05, 4.69) is 5.32 Å². The van der Waals surface area contributed by atoms with Crippen LogP contribution in [0.4, 0.5) is 14.5 Å². The fraction of sp³-hybridized carbons (Fsp3) is 0.385. The molecule has 0 aliphatic heterocycles. The number of anilines is 1. The highest BCUT2D eigenvalue weighted by Crippen LogP contribution is 2.29. The summed E-state index contributed by atoms with van der Waals surface area (Å²) < 4.78 is 26.1. The van der Waals surface area contributed by atoms with Crippen molar-refractivity contribution < 1.29 is 13.6 Å². The Morgan fingerprint density at radius 3 is 2.11 bits per heavy atom. The first-order chi connectivity index (χ1) is 8.85. The Hall–Kier alpha value is -1.56. The van der Waals surface area contributed by atoms with Crippen molar-refractivity contribution >= 4 is 28.8 Å². The fourth-order valence-corrected chi connectivity index (χ4v) is 2.29.